The van der Waals surface area contributed by atoms with Gasteiger partial charge in [0.05, 0.1) is 0 Å². The first-order valence-electron chi connectivity index (χ1n) is 14.7. The lowest BCUT2D eigenvalue weighted by atomic mass is 9.94. The lowest BCUT2D eigenvalue weighted by molar-refractivity contribution is -0.112. The van der Waals surface area contributed by atoms with Gasteiger partial charge in [-0.25, -0.2) is 0 Å². The molecule has 214 valence electrons. The minimum absolute atomic E-state index is 0.521. The largest absolute Gasteiger partial charge is 0.359 e. The summed E-state index contributed by atoms with van der Waals surface area (Å²) in [5.74, 6) is 2.65. The molecule has 1 aliphatic carbocycles. The zero-order chi connectivity index (χ0) is 28.5. The van der Waals surface area contributed by atoms with Gasteiger partial charge in [-0.1, -0.05) is 81.1 Å². The number of aliphatic imine (C=N–C) groups is 1. The Bertz CT molecular complexity index is 1310. The molecule has 2 aromatic carbocycles. The molecule has 3 aromatic rings. The number of hydrogen-bond acceptors (Lipinski definition) is 6. The standard InChI is InChI=1S/C33H44N4O2S/c1-6-8-16-31(34-33(23-38)19-11-12-20-33)37(5)22-26-17-18-28(27(21-26)13-7-2)29-14-9-10-15-30(29)40-36-32-24(3)25(4)39-35-32/h9-10,14-15,17-18,21,23H,6-8,11-13,16,19-20,22H2,1-5H3,(H,35,36). The fraction of sp³-hybridized carbons (Fsp3) is 0.485. The smallest absolute Gasteiger partial charge is 0.182 e. The van der Waals surface area contributed by atoms with E-state index in [-0.39, 0.29) is 0 Å². The summed E-state index contributed by atoms with van der Waals surface area (Å²) in [5.41, 5.74) is 5.59. The summed E-state index contributed by atoms with van der Waals surface area (Å²) in [6.07, 6.45) is 10.2. The van der Waals surface area contributed by atoms with Crippen LogP contribution in [-0.4, -0.2) is 34.8 Å². The molecule has 1 heterocycles. The Morgan fingerprint density at radius 3 is 2.58 bits per heavy atom. The van der Waals surface area contributed by atoms with E-state index >= 15 is 0 Å². The number of nitrogens with one attached hydrogen (secondary N) is 1. The molecule has 7 heteroatoms. The summed E-state index contributed by atoms with van der Waals surface area (Å²) in [7, 11) is 2.13. The topological polar surface area (TPSA) is 70.7 Å². The SMILES string of the molecule is CCCCC(=NC1(C=O)CCCC1)N(C)Cc1ccc(-c2ccccc2SNc2noc(C)c2C)c(CCC)c1. The number of amidine groups is 1. The van der Waals surface area contributed by atoms with Gasteiger partial charge in [-0.05, 0) is 79.8 Å². The Kier molecular flexibility index (Phi) is 10.5. The number of carbonyl (C=O) groups is 1. The maximum atomic E-state index is 12.0. The predicted octanol–water partition coefficient (Wildman–Crippen LogP) is 8.56. The maximum Gasteiger partial charge on any atom is 0.182 e. The van der Waals surface area contributed by atoms with E-state index in [0.29, 0.717) is 0 Å². The van der Waals surface area contributed by atoms with Gasteiger partial charge in [-0.3, -0.25) is 4.99 Å². The number of unbranched alkanes of at least 4 members (excludes halogenated alkanes) is 1. The Morgan fingerprint density at radius 2 is 1.90 bits per heavy atom. The Balaban J connectivity index is 1.58. The van der Waals surface area contributed by atoms with Gasteiger partial charge in [0.25, 0.3) is 0 Å². The molecule has 0 bridgehead atoms. The first-order chi connectivity index (χ1) is 19.4. The van der Waals surface area contributed by atoms with Crippen molar-refractivity contribution in [1.82, 2.24) is 10.1 Å². The van der Waals surface area contributed by atoms with Crippen LogP contribution in [0.1, 0.15) is 87.7 Å². The zero-order valence-corrected chi connectivity index (χ0v) is 25.6. The molecule has 0 aliphatic heterocycles. The van der Waals surface area contributed by atoms with Gasteiger partial charge in [-0.2, -0.15) is 0 Å². The van der Waals surface area contributed by atoms with Crippen LogP contribution in [0.3, 0.4) is 0 Å². The summed E-state index contributed by atoms with van der Waals surface area (Å²) >= 11 is 1.57. The van der Waals surface area contributed by atoms with Crippen molar-refractivity contribution in [3.05, 3.63) is 64.9 Å². The number of rotatable bonds is 13. The van der Waals surface area contributed by atoms with E-state index in [1.807, 2.05) is 13.8 Å². The van der Waals surface area contributed by atoms with Crippen molar-refractivity contribution in [2.45, 2.75) is 102 Å². The molecule has 0 radical (unpaired) electrons. The molecule has 1 N–H and O–H groups in total. The highest BCUT2D eigenvalue weighted by Crippen LogP contribution is 2.36. The molecule has 0 atom stereocenters. The Hall–Kier alpha value is -3.06. The van der Waals surface area contributed by atoms with Crippen molar-refractivity contribution in [3.8, 4) is 11.1 Å². The van der Waals surface area contributed by atoms with E-state index in [4.69, 9.17) is 9.52 Å². The van der Waals surface area contributed by atoms with Gasteiger partial charge in [-0.15, -0.1) is 0 Å². The van der Waals surface area contributed by atoms with Gasteiger partial charge >= 0.3 is 0 Å². The fourth-order valence-corrected chi connectivity index (χ4v) is 6.24. The molecule has 1 fully saturated rings. The second-order valence-corrected chi connectivity index (χ2v) is 11.9. The fourth-order valence-electron chi connectivity index (χ4n) is 5.41. The van der Waals surface area contributed by atoms with Crippen LogP contribution in [0.25, 0.3) is 11.1 Å². The molecule has 0 unspecified atom stereocenters. The molecule has 0 amide bonds. The molecule has 40 heavy (non-hydrogen) atoms. The highest BCUT2D eigenvalue weighted by molar-refractivity contribution is 8.00. The molecule has 0 saturated heterocycles. The van der Waals surface area contributed by atoms with Gasteiger partial charge in [0.2, 0.25) is 0 Å². The first kappa shape index (κ1) is 29.9. The van der Waals surface area contributed by atoms with Gasteiger partial charge in [0.15, 0.2) is 5.82 Å². The number of carbonyl (C=O) groups excluding carboxylic acids is 1. The molecule has 1 saturated carbocycles. The van der Waals surface area contributed by atoms with E-state index in [2.05, 4.69) is 78.1 Å². The van der Waals surface area contributed by atoms with Crippen molar-refractivity contribution in [3.63, 3.8) is 0 Å². The molecule has 4 rings (SSSR count). The lowest BCUT2D eigenvalue weighted by Crippen LogP contribution is -2.33. The molecule has 0 spiro atoms. The number of aldehydes is 1. The van der Waals surface area contributed by atoms with Crippen molar-refractivity contribution < 1.29 is 9.32 Å². The van der Waals surface area contributed by atoms with E-state index in [9.17, 15) is 4.79 Å². The van der Waals surface area contributed by atoms with Crippen molar-refractivity contribution >= 4 is 29.9 Å². The average molecular weight is 561 g/mol. The minimum atomic E-state index is -0.521. The number of aryl methyl sites for hydroxylation is 2. The number of nitrogens with zero attached hydrogens (tertiary/aromatic N) is 3. The Labute approximate surface area is 244 Å². The number of benzene rings is 2. The lowest BCUT2D eigenvalue weighted by Gasteiger charge is -2.26. The van der Waals surface area contributed by atoms with E-state index in [1.54, 1.807) is 11.9 Å². The Morgan fingerprint density at radius 1 is 1.12 bits per heavy atom. The normalized spacial score (nSPS) is 14.9. The molecule has 1 aromatic heterocycles. The van der Waals surface area contributed by atoms with Crippen LogP contribution in [0.4, 0.5) is 5.82 Å². The van der Waals surface area contributed by atoms with Gasteiger partial charge in [0.1, 0.15) is 23.4 Å². The average Bonchev–Trinajstić information content (AvgIpc) is 3.57. The summed E-state index contributed by atoms with van der Waals surface area (Å²) in [6.45, 7) is 9.15. The van der Waals surface area contributed by atoms with Gasteiger partial charge < -0.3 is 18.9 Å². The monoisotopic (exact) mass is 560 g/mol. The zero-order valence-electron chi connectivity index (χ0n) is 24.8. The molecule has 1 aliphatic rings. The third-order valence-corrected chi connectivity index (χ3v) is 8.81. The van der Waals surface area contributed by atoms with E-state index in [1.165, 1.54) is 22.3 Å². The summed E-state index contributed by atoms with van der Waals surface area (Å²) in [5, 5.41) is 4.15. The second kappa shape index (κ2) is 14.0. The molecule has 6 nitrogen and oxygen atoms in total. The second-order valence-electron chi connectivity index (χ2n) is 11.1. The van der Waals surface area contributed by atoms with Crippen LogP contribution >= 0.6 is 11.9 Å². The van der Waals surface area contributed by atoms with Crippen molar-refractivity contribution in [1.29, 1.82) is 0 Å². The predicted molar refractivity (Wildman–Crippen MR) is 167 cm³/mol. The number of anilines is 1. The highest BCUT2D eigenvalue weighted by atomic mass is 32.2. The van der Waals surface area contributed by atoms with E-state index < -0.39 is 5.54 Å². The van der Waals surface area contributed by atoms with Crippen LogP contribution in [0.5, 0.6) is 0 Å². The molecular weight excluding hydrogens is 516 g/mol. The van der Waals surface area contributed by atoms with Crippen molar-refractivity contribution in [2.24, 2.45) is 4.99 Å². The summed E-state index contributed by atoms with van der Waals surface area (Å²) < 4.78 is 8.71. The van der Waals surface area contributed by atoms with E-state index in [0.717, 1.165) is 98.5 Å². The highest BCUT2D eigenvalue weighted by Gasteiger charge is 2.34. The van der Waals surface area contributed by atoms with Gasteiger partial charge in [0, 0.05) is 30.5 Å². The van der Waals surface area contributed by atoms with Crippen LogP contribution in [0.2, 0.25) is 0 Å². The van der Waals surface area contributed by atoms with Crippen LogP contribution in [0.15, 0.2) is 56.9 Å². The quantitative estimate of drug-likeness (QED) is 0.0977. The number of hydrogen-bond donors (Lipinski definition) is 1. The third kappa shape index (κ3) is 7.17. The van der Waals surface area contributed by atoms with Crippen LogP contribution in [-0.2, 0) is 17.8 Å². The first-order valence-corrected chi connectivity index (χ1v) is 15.5. The minimum Gasteiger partial charge on any atom is -0.359 e. The van der Waals surface area contributed by atoms with Crippen molar-refractivity contribution in [2.75, 3.05) is 11.8 Å². The summed E-state index contributed by atoms with van der Waals surface area (Å²) in [6, 6.07) is 15.4. The molecular formula is C33H44N4O2S. The summed E-state index contributed by atoms with van der Waals surface area (Å²) in [4.78, 5) is 20.6. The number of aromatic nitrogens is 1. The van der Waals surface area contributed by atoms with Crippen LogP contribution in [0, 0.1) is 13.8 Å². The van der Waals surface area contributed by atoms with Crippen LogP contribution < -0.4 is 4.72 Å². The maximum absolute atomic E-state index is 12.0. The third-order valence-electron chi connectivity index (χ3n) is 7.94.